The van der Waals surface area contributed by atoms with Crippen LogP contribution in [0, 0.1) is 0 Å². The van der Waals surface area contributed by atoms with Crippen molar-refractivity contribution in [3.63, 3.8) is 0 Å². The van der Waals surface area contributed by atoms with Gasteiger partial charge >= 0.3 is 0 Å². The second-order valence-electron chi connectivity index (χ2n) is 4.58. The summed E-state index contributed by atoms with van der Waals surface area (Å²) in [6.07, 6.45) is 1.08. The van der Waals surface area contributed by atoms with E-state index in [1.54, 1.807) is 26.0 Å². The second kappa shape index (κ2) is 6.43. The Morgan fingerprint density at radius 1 is 1.20 bits per heavy atom. The minimum absolute atomic E-state index is 0.0103. The lowest BCUT2D eigenvalue weighted by Crippen LogP contribution is -2.42. The molecule has 1 aromatic carbocycles. The Balaban J connectivity index is 3.21. The maximum Gasteiger partial charge on any atom is 0.244 e. The number of hydrogen-bond acceptors (Lipinski definition) is 4. The average molecular weight is 340 g/mol. The van der Waals surface area contributed by atoms with Gasteiger partial charge in [0.25, 0.3) is 0 Å². The van der Waals surface area contributed by atoms with Gasteiger partial charge in [0.1, 0.15) is 14.7 Å². The van der Waals surface area contributed by atoms with Gasteiger partial charge in [-0.3, -0.25) is 0 Å². The summed E-state index contributed by atoms with van der Waals surface area (Å²) in [6, 6.07) is 5.46. The van der Waals surface area contributed by atoms with Gasteiger partial charge in [-0.25, -0.2) is 16.8 Å². The third kappa shape index (κ3) is 4.18. The molecule has 0 spiro atoms. The van der Waals surface area contributed by atoms with Crippen molar-refractivity contribution in [1.29, 1.82) is 0 Å². The molecule has 0 saturated heterocycles. The largest absolute Gasteiger partial charge is 0.244 e. The molecule has 20 heavy (non-hydrogen) atoms. The van der Waals surface area contributed by atoms with Crippen molar-refractivity contribution in [2.24, 2.45) is 0 Å². The molecule has 5 nitrogen and oxygen atoms in total. The fourth-order valence-corrected chi connectivity index (χ4v) is 5.30. The fraction of sp³-hybridized carbons (Fsp3) is 0.500. The van der Waals surface area contributed by atoms with E-state index >= 15 is 0 Å². The lowest BCUT2D eigenvalue weighted by molar-refractivity contribution is 0.370. The molecular formula is C12H18ClNO4S2. The van der Waals surface area contributed by atoms with Gasteiger partial charge in [0.05, 0.1) is 10.8 Å². The van der Waals surface area contributed by atoms with E-state index in [4.69, 9.17) is 11.6 Å². The fourth-order valence-electron chi connectivity index (χ4n) is 2.02. The quantitative estimate of drug-likeness (QED) is 0.792. The Morgan fingerprint density at radius 3 is 2.20 bits per heavy atom. The molecule has 114 valence electrons. The Labute approximate surface area is 125 Å². The summed E-state index contributed by atoms with van der Waals surface area (Å²) >= 11 is 5.92. The highest BCUT2D eigenvalue weighted by Crippen LogP contribution is 2.25. The Bertz CT molecular complexity index is 670. The SMILES string of the molecule is CCN(C(C)CS(C)(=O)=O)S(=O)(=O)c1ccccc1Cl. The van der Waals surface area contributed by atoms with Crippen LogP contribution in [0.4, 0.5) is 0 Å². The second-order valence-corrected chi connectivity index (χ2v) is 9.03. The van der Waals surface area contributed by atoms with Gasteiger partial charge in [-0.05, 0) is 19.1 Å². The number of benzene rings is 1. The molecule has 0 fully saturated rings. The van der Waals surface area contributed by atoms with E-state index in [1.165, 1.54) is 12.1 Å². The molecule has 0 aliphatic carbocycles. The zero-order valence-corrected chi connectivity index (χ0v) is 14.0. The monoisotopic (exact) mass is 339 g/mol. The van der Waals surface area contributed by atoms with E-state index in [2.05, 4.69) is 0 Å². The van der Waals surface area contributed by atoms with Crippen molar-refractivity contribution in [2.75, 3.05) is 18.6 Å². The molecular weight excluding hydrogens is 322 g/mol. The predicted molar refractivity (Wildman–Crippen MR) is 80.2 cm³/mol. The van der Waals surface area contributed by atoms with E-state index in [1.807, 2.05) is 0 Å². The summed E-state index contributed by atoms with van der Waals surface area (Å²) < 4.78 is 49.0. The third-order valence-electron chi connectivity index (χ3n) is 2.77. The first kappa shape index (κ1) is 17.4. The molecule has 0 radical (unpaired) electrons. The molecule has 1 unspecified atom stereocenters. The van der Waals surface area contributed by atoms with Gasteiger partial charge in [-0.2, -0.15) is 4.31 Å². The van der Waals surface area contributed by atoms with Crippen LogP contribution in [0.2, 0.25) is 5.02 Å². The van der Waals surface area contributed by atoms with Crippen molar-refractivity contribution in [2.45, 2.75) is 24.8 Å². The van der Waals surface area contributed by atoms with Crippen LogP contribution in [-0.2, 0) is 19.9 Å². The van der Waals surface area contributed by atoms with Gasteiger partial charge in [0.15, 0.2) is 0 Å². The van der Waals surface area contributed by atoms with Crippen LogP contribution in [0.1, 0.15) is 13.8 Å². The molecule has 1 rings (SSSR count). The summed E-state index contributed by atoms with van der Waals surface area (Å²) in [5.41, 5.74) is 0. The highest BCUT2D eigenvalue weighted by Gasteiger charge is 2.30. The Hall–Kier alpha value is -0.630. The number of sulfonamides is 1. The van der Waals surface area contributed by atoms with Crippen molar-refractivity contribution in [1.82, 2.24) is 4.31 Å². The standard InChI is InChI=1S/C12H18ClNO4S2/c1-4-14(10(2)9-19(3,15)16)20(17,18)12-8-6-5-7-11(12)13/h5-8,10H,4,9H2,1-3H3. The zero-order valence-electron chi connectivity index (χ0n) is 11.6. The highest BCUT2D eigenvalue weighted by atomic mass is 35.5. The first-order valence-electron chi connectivity index (χ1n) is 6.03. The molecule has 0 N–H and O–H groups in total. The molecule has 0 aromatic heterocycles. The number of rotatable bonds is 6. The first-order valence-corrected chi connectivity index (χ1v) is 9.91. The van der Waals surface area contributed by atoms with Crippen molar-refractivity contribution in [3.05, 3.63) is 29.3 Å². The molecule has 0 heterocycles. The number of sulfone groups is 1. The first-order chi connectivity index (χ1) is 9.09. The predicted octanol–water partition coefficient (Wildman–Crippen LogP) is 1.78. The summed E-state index contributed by atoms with van der Waals surface area (Å²) in [7, 11) is -7.09. The molecule has 0 aliphatic rings. The van der Waals surface area contributed by atoms with Crippen molar-refractivity contribution < 1.29 is 16.8 Å². The third-order valence-corrected chi connectivity index (χ3v) is 6.45. The van der Waals surface area contributed by atoms with E-state index < -0.39 is 25.9 Å². The van der Waals surface area contributed by atoms with E-state index in [0.29, 0.717) is 0 Å². The number of hydrogen-bond donors (Lipinski definition) is 0. The molecule has 1 atom stereocenters. The van der Waals surface area contributed by atoms with Crippen LogP contribution in [-0.4, -0.2) is 45.7 Å². The van der Waals surface area contributed by atoms with E-state index in [-0.39, 0.29) is 22.2 Å². The Kier molecular flexibility index (Phi) is 5.60. The Morgan fingerprint density at radius 2 is 1.75 bits per heavy atom. The maximum atomic E-state index is 12.6. The molecule has 0 bridgehead atoms. The number of halogens is 1. The lowest BCUT2D eigenvalue weighted by Gasteiger charge is -2.27. The molecule has 1 aromatic rings. The summed E-state index contributed by atoms with van der Waals surface area (Å²) in [4.78, 5) is -0.0103. The van der Waals surface area contributed by atoms with Crippen molar-refractivity contribution in [3.8, 4) is 0 Å². The molecule has 0 aliphatic heterocycles. The number of nitrogens with zero attached hydrogens (tertiary/aromatic N) is 1. The molecule has 8 heteroatoms. The van der Waals surface area contributed by atoms with Gasteiger partial charge in [0, 0.05) is 18.8 Å². The zero-order chi connectivity index (χ0) is 15.6. The van der Waals surface area contributed by atoms with Crippen molar-refractivity contribution >= 4 is 31.5 Å². The maximum absolute atomic E-state index is 12.6. The van der Waals surface area contributed by atoms with Gasteiger partial charge in [-0.15, -0.1) is 0 Å². The normalized spacial score (nSPS) is 14.4. The summed E-state index contributed by atoms with van der Waals surface area (Å²) in [6.45, 7) is 3.40. The average Bonchev–Trinajstić information content (AvgIpc) is 2.27. The van der Waals surface area contributed by atoms with Gasteiger partial charge in [-0.1, -0.05) is 30.7 Å². The summed E-state index contributed by atoms with van der Waals surface area (Å²) in [5, 5.41) is 0.123. The smallest absolute Gasteiger partial charge is 0.229 e. The topological polar surface area (TPSA) is 71.5 Å². The highest BCUT2D eigenvalue weighted by molar-refractivity contribution is 7.91. The van der Waals surface area contributed by atoms with Crippen LogP contribution >= 0.6 is 11.6 Å². The van der Waals surface area contributed by atoms with Gasteiger partial charge < -0.3 is 0 Å². The van der Waals surface area contributed by atoms with Crippen LogP contribution in [0.25, 0.3) is 0 Å². The van der Waals surface area contributed by atoms with Crippen LogP contribution < -0.4 is 0 Å². The van der Waals surface area contributed by atoms with E-state index in [0.717, 1.165) is 10.6 Å². The minimum Gasteiger partial charge on any atom is -0.229 e. The lowest BCUT2D eigenvalue weighted by atomic mass is 10.4. The van der Waals surface area contributed by atoms with E-state index in [9.17, 15) is 16.8 Å². The van der Waals surface area contributed by atoms with Crippen LogP contribution in [0.5, 0.6) is 0 Å². The summed E-state index contributed by atoms with van der Waals surface area (Å²) in [5.74, 6) is -0.232. The molecule has 0 saturated carbocycles. The van der Waals surface area contributed by atoms with Gasteiger partial charge in [0.2, 0.25) is 10.0 Å². The minimum atomic E-state index is -3.82. The molecule has 0 amide bonds. The van der Waals surface area contributed by atoms with Crippen LogP contribution in [0.15, 0.2) is 29.2 Å². The van der Waals surface area contributed by atoms with Crippen LogP contribution in [0.3, 0.4) is 0 Å².